The number of H-pyrrole nitrogens is 1. The van der Waals surface area contributed by atoms with Crippen LogP contribution in [0.25, 0.3) is 0 Å². The highest BCUT2D eigenvalue weighted by molar-refractivity contribution is 7.61. The third-order valence-electron chi connectivity index (χ3n) is 5.11. The second-order valence-electron chi connectivity index (χ2n) is 7.67. The highest BCUT2D eigenvalue weighted by Crippen LogP contribution is 2.62. The molecule has 2 aliphatic rings. The van der Waals surface area contributed by atoms with Gasteiger partial charge >= 0.3 is 21.3 Å². The fraction of sp³-hybridized carbons (Fsp3) is 0.733. The Balaban J connectivity index is 1.76. The number of phosphoric acid groups is 2. The first kappa shape index (κ1) is 28.2. The number of aromatic amines is 1. The van der Waals surface area contributed by atoms with Crippen molar-refractivity contribution in [2.45, 2.75) is 62.2 Å². The lowest BCUT2D eigenvalue weighted by atomic mass is 10.0. The monoisotopic (exact) mass is 550 g/mol. The highest BCUT2D eigenvalue weighted by Gasteiger charge is 2.50. The lowest BCUT2D eigenvalue weighted by Gasteiger charge is -2.39. The summed E-state index contributed by atoms with van der Waals surface area (Å²) in [6.07, 6.45) is -14.4. The van der Waals surface area contributed by atoms with Gasteiger partial charge in [0, 0.05) is 12.3 Å². The summed E-state index contributed by atoms with van der Waals surface area (Å²) in [5.74, 6) is 0. The summed E-state index contributed by atoms with van der Waals surface area (Å²) >= 11 is 0. The zero-order chi connectivity index (χ0) is 26.3. The molecule has 3 heterocycles. The minimum atomic E-state index is -5.57. The van der Waals surface area contributed by atoms with Crippen LogP contribution < -0.4 is 11.2 Å². The summed E-state index contributed by atoms with van der Waals surface area (Å²) in [5.41, 5.74) is -1.74. The number of hydrogen-bond donors (Lipinski definition) is 8. The summed E-state index contributed by atoms with van der Waals surface area (Å²) in [6.45, 7) is 0.239. The number of nitrogens with one attached hydrogen (secondary N) is 1. The predicted molar refractivity (Wildman–Crippen MR) is 107 cm³/mol. The molecule has 35 heavy (non-hydrogen) atoms. The molecule has 2 saturated heterocycles. The van der Waals surface area contributed by atoms with Gasteiger partial charge in [-0.2, -0.15) is 4.31 Å². The van der Waals surface area contributed by atoms with Crippen molar-refractivity contribution in [2.75, 3.05) is 6.61 Å². The van der Waals surface area contributed by atoms with E-state index in [1.165, 1.54) is 6.92 Å². The summed E-state index contributed by atoms with van der Waals surface area (Å²) in [5, 5.41) is 50.0. The van der Waals surface area contributed by atoms with Gasteiger partial charge in [-0.05, 0) is 6.92 Å². The van der Waals surface area contributed by atoms with Gasteiger partial charge in [0.05, 0.1) is 12.7 Å². The van der Waals surface area contributed by atoms with Gasteiger partial charge in [-0.1, -0.05) is 0 Å². The summed E-state index contributed by atoms with van der Waals surface area (Å²) in [4.78, 5) is 43.3. The Morgan fingerprint density at radius 1 is 1.00 bits per heavy atom. The molecule has 1 unspecified atom stereocenters. The number of hydrogen-bond acceptors (Lipinski definition) is 14. The van der Waals surface area contributed by atoms with Crippen molar-refractivity contribution in [3.05, 3.63) is 33.1 Å². The van der Waals surface area contributed by atoms with Gasteiger partial charge in [-0.25, -0.2) is 13.9 Å². The van der Waals surface area contributed by atoms with E-state index in [2.05, 4.69) is 4.31 Å². The van der Waals surface area contributed by atoms with Gasteiger partial charge in [0.2, 0.25) is 0 Å². The molecule has 200 valence electrons. The van der Waals surface area contributed by atoms with Gasteiger partial charge in [-0.3, -0.25) is 23.4 Å². The lowest BCUT2D eigenvalue weighted by molar-refractivity contribution is -0.272. The van der Waals surface area contributed by atoms with Crippen molar-refractivity contribution < 1.29 is 67.3 Å². The van der Waals surface area contributed by atoms with Crippen molar-refractivity contribution >= 4 is 15.6 Å². The molecule has 10 atom stereocenters. The van der Waals surface area contributed by atoms with Crippen LogP contribution in [0.1, 0.15) is 13.2 Å². The van der Waals surface area contributed by atoms with E-state index in [1.807, 2.05) is 4.98 Å². The maximum Gasteiger partial charge on any atom is 0.486 e. The molecule has 0 amide bonds. The molecule has 0 bridgehead atoms. The molecule has 0 spiro atoms. The zero-order valence-electron chi connectivity index (χ0n) is 17.7. The Morgan fingerprint density at radius 3 is 2.26 bits per heavy atom. The second kappa shape index (κ2) is 10.6. The Hall–Kier alpha value is -1.34. The van der Waals surface area contributed by atoms with Gasteiger partial charge in [0.15, 0.2) is 12.5 Å². The number of aromatic nitrogens is 2. The molecule has 1 aromatic heterocycles. The van der Waals surface area contributed by atoms with Crippen LogP contribution in [0.4, 0.5) is 0 Å². The summed E-state index contributed by atoms with van der Waals surface area (Å²) in [7, 11) is -10.9. The first-order chi connectivity index (χ1) is 16.1. The van der Waals surface area contributed by atoms with Crippen LogP contribution in [-0.4, -0.2) is 100 Å². The van der Waals surface area contributed by atoms with Crippen molar-refractivity contribution in [3.8, 4) is 0 Å². The minimum Gasteiger partial charge on any atom is -0.388 e. The van der Waals surface area contributed by atoms with Crippen LogP contribution in [0.2, 0.25) is 0 Å². The van der Waals surface area contributed by atoms with Crippen molar-refractivity contribution in [2.24, 2.45) is 0 Å². The summed E-state index contributed by atoms with van der Waals surface area (Å²) in [6, 6.07) is 0.936. The van der Waals surface area contributed by atoms with Gasteiger partial charge < -0.3 is 44.8 Å². The van der Waals surface area contributed by atoms with E-state index >= 15 is 0 Å². The molecule has 1 aromatic rings. The first-order valence-electron chi connectivity index (χ1n) is 9.84. The molecule has 2 fully saturated rings. The zero-order valence-corrected chi connectivity index (χ0v) is 19.5. The Labute approximate surface area is 195 Å². The number of nitrogens with zero attached hydrogens (tertiary/aromatic N) is 1. The Bertz CT molecular complexity index is 1100. The van der Waals surface area contributed by atoms with E-state index in [0.29, 0.717) is 0 Å². The van der Waals surface area contributed by atoms with Crippen LogP contribution in [-0.2, 0) is 32.0 Å². The van der Waals surface area contributed by atoms with Crippen LogP contribution >= 0.6 is 15.6 Å². The normalized spacial score (nSPS) is 37.8. The van der Waals surface area contributed by atoms with Crippen molar-refractivity contribution in [1.82, 2.24) is 9.55 Å². The van der Waals surface area contributed by atoms with Crippen LogP contribution in [0.5, 0.6) is 0 Å². The Morgan fingerprint density at radius 2 is 1.66 bits per heavy atom. The molecular weight excluding hydrogens is 526 g/mol. The number of aliphatic hydroxyl groups excluding tert-OH is 5. The van der Waals surface area contributed by atoms with E-state index < -0.39 is 88.7 Å². The van der Waals surface area contributed by atoms with E-state index in [9.17, 15) is 44.3 Å². The molecule has 0 aromatic carbocycles. The molecule has 0 saturated carbocycles. The molecule has 0 radical (unpaired) electrons. The Kier molecular flexibility index (Phi) is 8.52. The first-order valence-corrected chi connectivity index (χ1v) is 12.8. The number of ether oxygens (including phenoxy) is 2. The van der Waals surface area contributed by atoms with Crippen molar-refractivity contribution in [3.63, 3.8) is 0 Å². The molecular formula is C15H24N2O16P2. The predicted octanol–water partition coefficient (Wildman–Crippen LogP) is -3.77. The molecule has 8 N–H and O–H groups in total. The van der Waals surface area contributed by atoms with Crippen LogP contribution in [0, 0.1) is 0 Å². The SMILES string of the molecule is C[C@H]1O[C@@H](OP(=O)(OC[C@H]2O[C@@H](n3ccc(=O)[nH]c3=O)[C@H](O)[C@@H]2O)OP(=O)(O)O)[C@@H](O)[C@@H](O)[C@@H]1O. The maximum atomic E-state index is 12.9. The molecule has 2 aliphatic heterocycles. The van der Waals surface area contributed by atoms with E-state index in [4.69, 9.17) is 28.3 Å². The highest BCUT2D eigenvalue weighted by atomic mass is 31.3. The quantitative estimate of drug-likeness (QED) is 0.144. The molecule has 0 aliphatic carbocycles. The average molecular weight is 550 g/mol. The topological polar surface area (TPSA) is 277 Å². The second-order valence-corrected chi connectivity index (χ2v) is 10.7. The average Bonchev–Trinajstić information content (AvgIpc) is 3.02. The molecule has 3 rings (SSSR count). The van der Waals surface area contributed by atoms with Crippen LogP contribution in [0.15, 0.2) is 21.9 Å². The van der Waals surface area contributed by atoms with E-state index in [-0.39, 0.29) is 0 Å². The standard InChI is InChI=1S/C15H24N2O16P2/c1-5-8(19)10(21)12(23)14(30-5)32-35(28,33-34(25,26)27)29-4-6-9(20)11(22)13(31-6)17-3-2-7(18)16-15(17)24/h2-3,5-6,8-14,19-23H,4H2,1H3,(H,16,18,24)(H2,25,26,27)/t5-,6-,8-,9-,10+,11-,12+,13-,14+,35?/m1/s1. The van der Waals surface area contributed by atoms with Gasteiger partial charge in [0.1, 0.15) is 36.6 Å². The maximum absolute atomic E-state index is 12.9. The van der Waals surface area contributed by atoms with Gasteiger partial charge in [-0.15, -0.1) is 0 Å². The van der Waals surface area contributed by atoms with Crippen molar-refractivity contribution in [1.29, 1.82) is 0 Å². The largest absolute Gasteiger partial charge is 0.486 e. The number of aliphatic hydroxyl groups is 5. The van der Waals surface area contributed by atoms with Crippen LogP contribution in [0.3, 0.4) is 0 Å². The fourth-order valence-corrected chi connectivity index (χ4v) is 5.52. The van der Waals surface area contributed by atoms with E-state index in [0.717, 1.165) is 16.8 Å². The fourth-order valence-electron chi connectivity index (χ4n) is 3.32. The minimum absolute atomic E-state index is 0.734. The molecule has 18 nitrogen and oxygen atoms in total. The molecule has 20 heteroatoms. The number of phosphoric ester groups is 1. The smallest absolute Gasteiger partial charge is 0.388 e. The third kappa shape index (κ3) is 6.51. The lowest BCUT2D eigenvalue weighted by Crippen LogP contribution is -2.57. The number of rotatable bonds is 8. The van der Waals surface area contributed by atoms with E-state index in [1.54, 1.807) is 0 Å². The van der Waals surface area contributed by atoms with Gasteiger partial charge in [0.25, 0.3) is 5.56 Å². The summed E-state index contributed by atoms with van der Waals surface area (Å²) < 4.78 is 49.1. The third-order valence-corrected chi connectivity index (χ3v) is 7.69.